The Balaban J connectivity index is 0. The summed E-state index contributed by atoms with van der Waals surface area (Å²) < 4.78 is 5.19. The molecule has 0 radical (unpaired) electrons. The van der Waals surface area contributed by atoms with Gasteiger partial charge in [0, 0.05) is 6.54 Å². The van der Waals surface area contributed by atoms with Gasteiger partial charge in [0.2, 0.25) is 0 Å². The number of benzene rings is 1. The number of methoxy groups -OCH3 is 1. The maximum absolute atomic E-state index is 5.62. The zero-order valence-electron chi connectivity index (χ0n) is 14.4. The highest BCUT2D eigenvalue weighted by molar-refractivity contribution is 5.61. The van der Waals surface area contributed by atoms with Crippen LogP contribution >= 0.6 is 0 Å². The van der Waals surface area contributed by atoms with Crippen molar-refractivity contribution in [3.8, 4) is 5.75 Å². The fourth-order valence-electron chi connectivity index (χ4n) is 1.81. The zero-order valence-corrected chi connectivity index (χ0v) is 14.4. The molecule has 0 saturated carbocycles. The Hall–Kier alpha value is -1.28. The first-order chi connectivity index (χ1) is 9.83. The maximum Gasteiger partial charge on any atom is 0.119 e. The third kappa shape index (κ3) is 6.76. The molecule has 0 atom stereocenters. The molecule has 2 N–H and O–H groups in total. The minimum atomic E-state index is 0.672. The molecule has 0 saturated heterocycles. The molecule has 0 aliphatic heterocycles. The summed E-state index contributed by atoms with van der Waals surface area (Å²) in [6.45, 7) is 12.7. The van der Waals surface area contributed by atoms with Gasteiger partial charge < -0.3 is 10.5 Å². The van der Waals surface area contributed by atoms with E-state index in [9.17, 15) is 0 Å². The van der Waals surface area contributed by atoms with Crippen LogP contribution in [0.2, 0.25) is 0 Å². The van der Waals surface area contributed by atoms with Crippen molar-refractivity contribution in [2.45, 2.75) is 54.4 Å². The molecule has 2 heteroatoms. The Bertz CT molecular complexity index is 370. The molecule has 0 unspecified atom stereocenters. The molecule has 1 aromatic rings. The third-order valence-electron chi connectivity index (χ3n) is 2.69. The zero-order chi connectivity index (χ0) is 16.0. The van der Waals surface area contributed by atoms with E-state index in [1.165, 1.54) is 16.7 Å². The number of hydrogen-bond donors (Lipinski definition) is 1. The van der Waals surface area contributed by atoms with Gasteiger partial charge in [-0.2, -0.15) is 0 Å². The highest BCUT2D eigenvalue weighted by Crippen LogP contribution is 2.26. The Morgan fingerprint density at radius 1 is 1.00 bits per heavy atom. The van der Waals surface area contributed by atoms with Gasteiger partial charge in [-0.15, -0.1) is 0 Å². The van der Waals surface area contributed by atoms with Crippen LogP contribution in [0.4, 0.5) is 0 Å². The molecule has 20 heavy (non-hydrogen) atoms. The lowest BCUT2D eigenvalue weighted by atomic mass is 9.92. The standard InChI is InChI=1S/C12H15NO.3C2H6/c1-14-12-5-4-10-6-9(8-13)2-3-11(10)7-12;3*1-2/h4-7H,2-3,8,13H2,1H3;3*1-2H3. The summed E-state index contributed by atoms with van der Waals surface area (Å²) in [5.41, 5.74) is 9.61. The van der Waals surface area contributed by atoms with Crippen LogP contribution in [0.5, 0.6) is 5.75 Å². The van der Waals surface area contributed by atoms with E-state index in [1.807, 2.05) is 47.6 Å². The van der Waals surface area contributed by atoms with Gasteiger partial charge in [-0.05, 0) is 36.1 Å². The van der Waals surface area contributed by atoms with Crippen LogP contribution in [0.3, 0.4) is 0 Å². The predicted molar refractivity (Wildman–Crippen MR) is 92.4 cm³/mol. The molecule has 1 aliphatic carbocycles. The van der Waals surface area contributed by atoms with E-state index in [0.29, 0.717) is 6.54 Å². The maximum atomic E-state index is 5.62. The molecule has 0 heterocycles. The van der Waals surface area contributed by atoms with Gasteiger partial charge in [0.1, 0.15) is 5.75 Å². The van der Waals surface area contributed by atoms with Crippen LogP contribution in [0, 0.1) is 0 Å². The van der Waals surface area contributed by atoms with Crippen molar-refractivity contribution >= 4 is 6.08 Å². The fraction of sp³-hybridized carbons (Fsp3) is 0.556. The van der Waals surface area contributed by atoms with Crippen molar-refractivity contribution in [1.29, 1.82) is 0 Å². The second-order valence-corrected chi connectivity index (χ2v) is 3.57. The smallest absolute Gasteiger partial charge is 0.119 e. The van der Waals surface area contributed by atoms with Crippen molar-refractivity contribution in [2.75, 3.05) is 13.7 Å². The van der Waals surface area contributed by atoms with E-state index in [0.717, 1.165) is 18.6 Å². The second-order valence-electron chi connectivity index (χ2n) is 3.57. The van der Waals surface area contributed by atoms with Gasteiger partial charge in [-0.25, -0.2) is 0 Å². The Kier molecular flexibility index (Phi) is 14.9. The number of ether oxygens (including phenoxy) is 1. The fourth-order valence-corrected chi connectivity index (χ4v) is 1.81. The lowest BCUT2D eigenvalue weighted by molar-refractivity contribution is 0.414. The predicted octanol–water partition coefficient (Wildman–Crippen LogP) is 5.06. The molecular weight excluding hydrogens is 246 g/mol. The summed E-state index contributed by atoms with van der Waals surface area (Å²) >= 11 is 0. The SMILES string of the molecule is CC.CC.CC.COc1ccc2c(c1)CCC(CN)=C2. The molecule has 0 spiro atoms. The van der Waals surface area contributed by atoms with Gasteiger partial charge in [0.05, 0.1) is 7.11 Å². The van der Waals surface area contributed by atoms with Crippen LogP contribution in [0.15, 0.2) is 23.8 Å². The van der Waals surface area contributed by atoms with Crippen molar-refractivity contribution in [2.24, 2.45) is 5.73 Å². The molecule has 2 rings (SSSR count). The summed E-state index contributed by atoms with van der Waals surface area (Å²) in [7, 11) is 1.70. The number of nitrogens with two attached hydrogens (primary N) is 1. The molecule has 0 aromatic heterocycles. The number of fused-ring (bicyclic) bond motifs is 1. The first-order valence-electron chi connectivity index (χ1n) is 7.90. The highest BCUT2D eigenvalue weighted by atomic mass is 16.5. The van der Waals surface area contributed by atoms with Gasteiger partial charge in [-0.1, -0.05) is 59.3 Å². The van der Waals surface area contributed by atoms with E-state index >= 15 is 0 Å². The molecule has 116 valence electrons. The van der Waals surface area contributed by atoms with Crippen LogP contribution in [-0.4, -0.2) is 13.7 Å². The summed E-state index contributed by atoms with van der Waals surface area (Å²) in [5.74, 6) is 0.938. The minimum absolute atomic E-state index is 0.672. The molecular formula is C18H33NO. The Morgan fingerprint density at radius 3 is 2.10 bits per heavy atom. The van der Waals surface area contributed by atoms with E-state index in [1.54, 1.807) is 7.11 Å². The van der Waals surface area contributed by atoms with E-state index in [4.69, 9.17) is 10.5 Å². The molecule has 0 bridgehead atoms. The first-order valence-corrected chi connectivity index (χ1v) is 7.90. The highest BCUT2D eigenvalue weighted by Gasteiger charge is 2.09. The second kappa shape index (κ2) is 14.1. The van der Waals surface area contributed by atoms with Gasteiger partial charge in [0.15, 0.2) is 0 Å². The van der Waals surface area contributed by atoms with Crippen LogP contribution < -0.4 is 10.5 Å². The van der Waals surface area contributed by atoms with Crippen molar-refractivity contribution in [3.63, 3.8) is 0 Å². The first kappa shape index (κ1) is 21.0. The lowest BCUT2D eigenvalue weighted by Gasteiger charge is -2.16. The largest absolute Gasteiger partial charge is 0.497 e. The van der Waals surface area contributed by atoms with Crippen LogP contribution in [0.25, 0.3) is 6.08 Å². The molecule has 0 amide bonds. The average Bonchev–Trinajstić information content (AvgIpc) is 2.59. The van der Waals surface area contributed by atoms with E-state index in [-0.39, 0.29) is 0 Å². The summed E-state index contributed by atoms with van der Waals surface area (Å²) in [4.78, 5) is 0. The average molecular weight is 279 g/mol. The summed E-state index contributed by atoms with van der Waals surface area (Å²) in [5, 5.41) is 0. The third-order valence-corrected chi connectivity index (χ3v) is 2.69. The minimum Gasteiger partial charge on any atom is -0.497 e. The van der Waals surface area contributed by atoms with E-state index in [2.05, 4.69) is 18.2 Å². The normalized spacial score (nSPS) is 11.1. The van der Waals surface area contributed by atoms with E-state index < -0.39 is 0 Å². The van der Waals surface area contributed by atoms with Crippen molar-refractivity contribution < 1.29 is 4.74 Å². The monoisotopic (exact) mass is 279 g/mol. The van der Waals surface area contributed by atoms with Gasteiger partial charge in [0.25, 0.3) is 0 Å². The van der Waals surface area contributed by atoms with Crippen LogP contribution in [0.1, 0.15) is 59.1 Å². The summed E-state index contributed by atoms with van der Waals surface area (Å²) in [6, 6.07) is 6.21. The van der Waals surface area contributed by atoms with Gasteiger partial charge >= 0.3 is 0 Å². The number of aryl methyl sites for hydroxylation is 1. The summed E-state index contributed by atoms with van der Waals surface area (Å²) in [6.07, 6.45) is 4.35. The molecule has 1 aliphatic rings. The molecule has 1 aromatic carbocycles. The Labute approximate surface area is 126 Å². The number of rotatable bonds is 2. The number of hydrogen-bond acceptors (Lipinski definition) is 2. The molecule has 2 nitrogen and oxygen atoms in total. The van der Waals surface area contributed by atoms with Crippen molar-refractivity contribution in [3.05, 3.63) is 34.9 Å². The van der Waals surface area contributed by atoms with Crippen molar-refractivity contribution in [1.82, 2.24) is 0 Å². The van der Waals surface area contributed by atoms with Gasteiger partial charge in [-0.3, -0.25) is 0 Å². The Morgan fingerprint density at radius 2 is 1.60 bits per heavy atom. The topological polar surface area (TPSA) is 35.2 Å². The molecule has 0 fully saturated rings. The quantitative estimate of drug-likeness (QED) is 0.821. The lowest BCUT2D eigenvalue weighted by Crippen LogP contribution is -2.08. The van der Waals surface area contributed by atoms with Crippen LogP contribution in [-0.2, 0) is 6.42 Å².